The van der Waals surface area contributed by atoms with Crippen molar-refractivity contribution in [2.75, 3.05) is 20.3 Å². The van der Waals surface area contributed by atoms with Crippen molar-refractivity contribution in [3.8, 4) is 23.0 Å². The lowest BCUT2D eigenvalue weighted by molar-refractivity contribution is -0.394. The molecule has 0 bridgehead atoms. The SMILES string of the molecule is CCOc1ccc([C@H]2C(C(=O)OC)=CN=c3s/c(=C\c4ccc(Oc5ccc([N+](=O)[O-])cc5[N+](=O)[O-])cc4)c(=O)n32)cc1OCC. The van der Waals surface area contributed by atoms with Gasteiger partial charge in [-0.05, 0) is 61.4 Å². The smallest absolute Gasteiger partial charge is 0.337 e. The van der Waals surface area contributed by atoms with Gasteiger partial charge in [-0.1, -0.05) is 29.5 Å². The molecule has 46 heavy (non-hydrogen) atoms. The molecule has 236 valence electrons. The third kappa shape index (κ3) is 6.34. The molecule has 1 aliphatic rings. The molecule has 4 aromatic rings. The van der Waals surface area contributed by atoms with Gasteiger partial charge in [0.1, 0.15) is 5.75 Å². The Bertz CT molecular complexity index is 2050. The predicted molar refractivity (Wildman–Crippen MR) is 166 cm³/mol. The summed E-state index contributed by atoms with van der Waals surface area (Å²) >= 11 is 1.13. The average molecular weight is 647 g/mol. The topological polar surface area (TPSA) is 175 Å². The van der Waals surface area contributed by atoms with Crippen LogP contribution in [0.2, 0.25) is 0 Å². The van der Waals surface area contributed by atoms with Crippen LogP contribution in [-0.2, 0) is 9.53 Å². The highest BCUT2D eigenvalue weighted by Gasteiger charge is 2.31. The molecule has 0 saturated carbocycles. The van der Waals surface area contributed by atoms with Gasteiger partial charge in [0, 0.05) is 12.3 Å². The lowest BCUT2D eigenvalue weighted by Gasteiger charge is -2.23. The first-order valence-electron chi connectivity index (χ1n) is 13.8. The Hall–Kier alpha value is -5.83. The number of esters is 1. The summed E-state index contributed by atoms with van der Waals surface area (Å²) in [6.07, 6.45) is 3.04. The highest BCUT2D eigenvalue weighted by molar-refractivity contribution is 7.07. The van der Waals surface area contributed by atoms with Gasteiger partial charge in [-0.3, -0.25) is 29.6 Å². The first-order valence-corrected chi connectivity index (χ1v) is 14.7. The number of nitrogens with zero attached hydrogens (tertiary/aromatic N) is 4. The van der Waals surface area contributed by atoms with Gasteiger partial charge >= 0.3 is 11.7 Å². The van der Waals surface area contributed by atoms with Crippen molar-refractivity contribution in [2.24, 2.45) is 4.99 Å². The zero-order valence-corrected chi connectivity index (χ0v) is 25.5. The van der Waals surface area contributed by atoms with E-state index in [1.165, 1.54) is 17.9 Å². The minimum absolute atomic E-state index is 0.162. The Morgan fingerprint density at radius 3 is 2.30 bits per heavy atom. The summed E-state index contributed by atoms with van der Waals surface area (Å²) < 4.78 is 23.9. The maximum atomic E-state index is 13.8. The van der Waals surface area contributed by atoms with Crippen LogP contribution in [0.4, 0.5) is 11.4 Å². The lowest BCUT2D eigenvalue weighted by atomic mass is 9.97. The third-order valence-corrected chi connectivity index (χ3v) is 7.76. The van der Waals surface area contributed by atoms with Gasteiger partial charge in [0.05, 0.1) is 52.4 Å². The van der Waals surface area contributed by atoms with E-state index in [1.54, 1.807) is 48.5 Å². The Balaban J connectivity index is 1.51. The molecule has 1 aromatic heterocycles. The summed E-state index contributed by atoms with van der Waals surface area (Å²) in [5.41, 5.74) is -0.0192. The Kier molecular flexibility index (Phi) is 9.23. The molecule has 0 unspecified atom stereocenters. The van der Waals surface area contributed by atoms with E-state index in [9.17, 15) is 29.8 Å². The van der Waals surface area contributed by atoms with E-state index >= 15 is 0 Å². The summed E-state index contributed by atoms with van der Waals surface area (Å²) in [5, 5.41) is 22.5. The van der Waals surface area contributed by atoms with Gasteiger partial charge in [-0.15, -0.1) is 0 Å². The number of aromatic nitrogens is 1. The summed E-state index contributed by atoms with van der Waals surface area (Å²) in [6.45, 7) is 4.49. The van der Waals surface area contributed by atoms with Crippen molar-refractivity contribution in [3.63, 3.8) is 0 Å². The fourth-order valence-electron chi connectivity index (χ4n) is 4.75. The van der Waals surface area contributed by atoms with E-state index in [2.05, 4.69) is 4.99 Å². The van der Waals surface area contributed by atoms with E-state index in [-0.39, 0.29) is 17.1 Å². The van der Waals surface area contributed by atoms with Crippen LogP contribution in [0.5, 0.6) is 23.0 Å². The zero-order valence-electron chi connectivity index (χ0n) is 24.7. The van der Waals surface area contributed by atoms with E-state index < -0.39 is 38.8 Å². The molecular formula is C31H26N4O10S. The molecule has 5 rings (SSSR count). The van der Waals surface area contributed by atoms with Gasteiger partial charge in [0.2, 0.25) is 5.75 Å². The number of hydrogen-bond donors (Lipinski definition) is 0. The van der Waals surface area contributed by atoms with Crippen LogP contribution in [0.1, 0.15) is 31.0 Å². The largest absolute Gasteiger partial charge is 0.490 e. The molecule has 15 heteroatoms. The second kappa shape index (κ2) is 13.4. The van der Waals surface area contributed by atoms with E-state index in [4.69, 9.17) is 18.9 Å². The maximum absolute atomic E-state index is 13.8. The molecule has 1 atom stereocenters. The molecule has 0 amide bonds. The first-order chi connectivity index (χ1) is 22.1. The van der Waals surface area contributed by atoms with Crippen molar-refractivity contribution in [3.05, 3.63) is 123 Å². The van der Waals surface area contributed by atoms with Crippen molar-refractivity contribution in [2.45, 2.75) is 19.9 Å². The highest BCUT2D eigenvalue weighted by Crippen LogP contribution is 2.36. The Labute approximate surface area is 264 Å². The number of ether oxygens (including phenoxy) is 4. The number of carbonyl (C=O) groups excluding carboxylic acids is 1. The standard InChI is InChI=1S/C31H26N4O10S/c1-4-43-25-12-8-19(15-26(25)44-5-2)28-22(30(37)42-3)17-32-31-33(28)29(36)27(46-31)14-18-6-10-21(11-7-18)45-24-13-9-20(34(38)39)16-23(24)35(40)41/h6-17,28H,4-5H2,1-3H3/b27-14-/t28-/m0/s1. The number of thiazole rings is 1. The molecule has 14 nitrogen and oxygen atoms in total. The van der Waals surface area contributed by atoms with Gasteiger partial charge in [0.15, 0.2) is 16.3 Å². The fourth-order valence-corrected chi connectivity index (χ4v) is 5.72. The highest BCUT2D eigenvalue weighted by atomic mass is 32.1. The number of fused-ring (bicyclic) bond motifs is 1. The number of carbonyl (C=O) groups is 1. The van der Waals surface area contributed by atoms with Crippen LogP contribution < -0.4 is 29.1 Å². The molecule has 2 heterocycles. The second-order valence-electron chi connectivity index (χ2n) is 9.59. The van der Waals surface area contributed by atoms with Gasteiger partial charge in [-0.2, -0.15) is 0 Å². The molecule has 1 aliphatic heterocycles. The monoisotopic (exact) mass is 646 g/mol. The molecule has 0 saturated heterocycles. The number of methoxy groups -OCH3 is 1. The van der Waals surface area contributed by atoms with Gasteiger partial charge in [0.25, 0.3) is 11.2 Å². The summed E-state index contributed by atoms with van der Waals surface area (Å²) in [6, 6.07) is 13.8. The quantitative estimate of drug-likeness (QED) is 0.129. The number of rotatable bonds is 11. The molecule has 0 radical (unpaired) electrons. The number of benzene rings is 3. The minimum Gasteiger partial charge on any atom is -0.490 e. The van der Waals surface area contributed by atoms with Crippen molar-refractivity contribution in [1.82, 2.24) is 4.57 Å². The van der Waals surface area contributed by atoms with E-state index in [0.29, 0.717) is 45.2 Å². The van der Waals surface area contributed by atoms with Crippen LogP contribution in [0, 0.1) is 20.2 Å². The lowest BCUT2D eigenvalue weighted by Crippen LogP contribution is -2.39. The van der Waals surface area contributed by atoms with Crippen LogP contribution >= 0.6 is 11.3 Å². The summed E-state index contributed by atoms with van der Waals surface area (Å²) in [7, 11) is 1.25. The molecular weight excluding hydrogens is 620 g/mol. The zero-order chi connectivity index (χ0) is 33.0. The normalized spacial score (nSPS) is 14.0. The number of nitro benzene ring substituents is 2. The first kappa shape index (κ1) is 31.6. The van der Waals surface area contributed by atoms with Crippen LogP contribution in [0.3, 0.4) is 0 Å². The molecule has 3 aromatic carbocycles. The number of hydrogen-bond acceptors (Lipinski definition) is 12. The maximum Gasteiger partial charge on any atom is 0.337 e. The average Bonchev–Trinajstić information content (AvgIpc) is 3.36. The molecule has 0 fully saturated rings. The van der Waals surface area contributed by atoms with Gasteiger partial charge in [-0.25, -0.2) is 9.79 Å². The van der Waals surface area contributed by atoms with Crippen LogP contribution in [0.15, 0.2) is 82.2 Å². The molecule has 0 N–H and O–H groups in total. The number of nitro groups is 2. The van der Waals surface area contributed by atoms with Crippen molar-refractivity contribution in [1.29, 1.82) is 0 Å². The van der Waals surface area contributed by atoms with Crippen molar-refractivity contribution >= 4 is 34.8 Å². The van der Waals surface area contributed by atoms with Gasteiger partial charge < -0.3 is 18.9 Å². The van der Waals surface area contributed by atoms with E-state index in [1.807, 2.05) is 13.8 Å². The van der Waals surface area contributed by atoms with E-state index in [0.717, 1.165) is 29.5 Å². The number of non-ortho nitro benzene ring substituents is 1. The van der Waals surface area contributed by atoms with Crippen LogP contribution in [-0.4, -0.2) is 40.7 Å². The van der Waals surface area contributed by atoms with Crippen molar-refractivity contribution < 1.29 is 33.6 Å². The Morgan fingerprint density at radius 1 is 0.957 bits per heavy atom. The summed E-state index contributed by atoms with van der Waals surface area (Å²) in [5.74, 6) is 0.420. The second-order valence-corrected chi connectivity index (χ2v) is 10.6. The molecule has 0 spiro atoms. The van der Waals surface area contributed by atoms with Crippen LogP contribution in [0.25, 0.3) is 6.08 Å². The minimum atomic E-state index is -0.853. The summed E-state index contributed by atoms with van der Waals surface area (Å²) in [4.78, 5) is 52.4. The Morgan fingerprint density at radius 2 is 1.65 bits per heavy atom. The molecule has 0 aliphatic carbocycles. The predicted octanol–water partition coefficient (Wildman–Crippen LogP) is 4.42. The fraction of sp³-hybridized carbons (Fsp3) is 0.194. The third-order valence-electron chi connectivity index (χ3n) is 6.76.